The molecule has 2 aromatic heterocycles. The van der Waals surface area contributed by atoms with Crippen molar-refractivity contribution in [2.24, 2.45) is 0 Å². The van der Waals surface area contributed by atoms with E-state index in [0.29, 0.717) is 29.9 Å². The van der Waals surface area contributed by atoms with Crippen molar-refractivity contribution in [2.75, 3.05) is 31.7 Å². The van der Waals surface area contributed by atoms with E-state index < -0.39 is 5.91 Å². The molecule has 0 fully saturated rings. The highest BCUT2D eigenvalue weighted by molar-refractivity contribution is 6.31. The predicted octanol–water partition coefficient (Wildman–Crippen LogP) is 1.84. The number of hydrogen-bond donors (Lipinski definition) is 5. The van der Waals surface area contributed by atoms with E-state index in [1.54, 1.807) is 22.6 Å². The molecule has 7 N–H and O–H groups in total. The fraction of sp³-hybridized carbons (Fsp3) is 0.480. The van der Waals surface area contributed by atoms with Crippen molar-refractivity contribution in [3.63, 3.8) is 0 Å². The van der Waals surface area contributed by atoms with Gasteiger partial charge in [-0.25, -0.2) is 19.1 Å². The number of anilines is 2. The number of amides is 2. The number of rotatable bonds is 12. The molecule has 0 saturated carbocycles. The summed E-state index contributed by atoms with van der Waals surface area (Å²) >= 11 is 5.91. The number of carbonyl (C=O) groups excluding carboxylic acids is 2. The van der Waals surface area contributed by atoms with Gasteiger partial charge in [-0.3, -0.25) is 9.59 Å². The zero-order valence-electron chi connectivity index (χ0n) is 22.0. The standard InChI is InChI=1S/C25H35ClN8O4/c1-4-6-7-8-9-32(3)25(38)15-12-16-17(13-18(15)36)34(10-11-35)19(33(16)5-2)14-29-24(37)20-22(27)31-23(28)21(26)30-20/h12-13,35H,4-11,14H2,1-3H3,(H5-,27,28,29,31,36,37,38)/p+1. The van der Waals surface area contributed by atoms with Gasteiger partial charge < -0.3 is 31.9 Å². The minimum atomic E-state index is -0.608. The molecule has 0 spiro atoms. The molecular formula is C25H36ClN8O4+. The van der Waals surface area contributed by atoms with E-state index in [1.165, 1.54) is 6.07 Å². The highest BCUT2D eigenvalue weighted by Gasteiger charge is 2.28. The zero-order chi connectivity index (χ0) is 28.0. The smallest absolute Gasteiger partial charge is 0.277 e. The third-order valence-corrected chi connectivity index (χ3v) is 6.67. The van der Waals surface area contributed by atoms with Crippen LogP contribution in [0.5, 0.6) is 5.75 Å². The SMILES string of the molecule is CCCCCCN(C)C(=O)c1cc2c(cc1O)[n+](CCO)c(CNC(=O)c1nc(Cl)c(N)nc1N)n2CC. The average Bonchev–Trinajstić information content (AvgIpc) is 3.17. The van der Waals surface area contributed by atoms with Crippen LogP contribution in [-0.4, -0.2) is 61.7 Å². The van der Waals surface area contributed by atoms with E-state index in [0.717, 1.165) is 25.7 Å². The largest absolute Gasteiger partial charge is 0.507 e. The maximum atomic E-state index is 13.2. The summed E-state index contributed by atoms with van der Waals surface area (Å²) in [7, 11) is 1.72. The van der Waals surface area contributed by atoms with Crippen molar-refractivity contribution in [1.82, 2.24) is 24.8 Å². The Labute approximate surface area is 226 Å². The van der Waals surface area contributed by atoms with Gasteiger partial charge in [0, 0.05) is 25.7 Å². The molecule has 1 aromatic carbocycles. The second-order valence-corrected chi connectivity index (χ2v) is 9.36. The monoisotopic (exact) mass is 547 g/mol. The fourth-order valence-electron chi connectivity index (χ4n) is 4.42. The molecule has 0 saturated heterocycles. The van der Waals surface area contributed by atoms with Gasteiger partial charge in [0.15, 0.2) is 33.5 Å². The quantitative estimate of drug-likeness (QED) is 0.168. The summed E-state index contributed by atoms with van der Waals surface area (Å²) in [5, 5.41) is 23.2. The molecule has 3 aromatic rings. The molecule has 0 bridgehead atoms. The van der Waals surface area contributed by atoms with Crippen molar-refractivity contribution in [3.8, 4) is 5.75 Å². The van der Waals surface area contributed by atoms with Crippen molar-refractivity contribution in [2.45, 2.75) is 59.2 Å². The van der Waals surface area contributed by atoms with E-state index >= 15 is 0 Å². The lowest BCUT2D eigenvalue weighted by molar-refractivity contribution is -0.681. The topological polar surface area (TPSA) is 177 Å². The molecule has 0 aliphatic carbocycles. The van der Waals surface area contributed by atoms with Gasteiger partial charge in [0.25, 0.3) is 17.6 Å². The molecule has 2 amide bonds. The number of phenols is 1. The Morgan fingerprint density at radius 3 is 2.55 bits per heavy atom. The minimum Gasteiger partial charge on any atom is -0.507 e. The molecule has 0 radical (unpaired) electrons. The van der Waals surface area contributed by atoms with Crippen LogP contribution < -0.4 is 21.4 Å². The van der Waals surface area contributed by atoms with Crippen LogP contribution >= 0.6 is 11.6 Å². The Morgan fingerprint density at radius 1 is 1.16 bits per heavy atom. The number of benzene rings is 1. The van der Waals surface area contributed by atoms with Gasteiger partial charge in [-0.1, -0.05) is 37.8 Å². The summed E-state index contributed by atoms with van der Waals surface area (Å²) in [4.78, 5) is 35.4. The van der Waals surface area contributed by atoms with E-state index in [4.69, 9.17) is 23.1 Å². The van der Waals surface area contributed by atoms with Gasteiger partial charge in [0.2, 0.25) is 0 Å². The second kappa shape index (κ2) is 12.7. The third-order valence-electron chi connectivity index (χ3n) is 6.39. The number of aromatic hydroxyl groups is 1. The molecule has 0 aliphatic heterocycles. The molecule has 0 atom stereocenters. The summed E-state index contributed by atoms with van der Waals surface area (Å²) in [6.45, 7) is 5.20. The normalized spacial score (nSPS) is 11.2. The summed E-state index contributed by atoms with van der Waals surface area (Å²) in [6, 6.07) is 3.17. The zero-order valence-corrected chi connectivity index (χ0v) is 22.8. The van der Waals surface area contributed by atoms with Crippen LogP contribution in [0.4, 0.5) is 11.6 Å². The van der Waals surface area contributed by atoms with E-state index in [1.807, 2.05) is 11.5 Å². The molecule has 0 unspecified atom stereocenters. The number of nitrogen functional groups attached to an aromatic ring is 2. The van der Waals surface area contributed by atoms with Crippen molar-refractivity contribution in [1.29, 1.82) is 0 Å². The Balaban J connectivity index is 1.96. The molecule has 38 heavy (non-hydrogen) atoms. The van der Waals surface area contributed by atoms with E-state index in [2.05, 4.69) is 22.2 Å². The lowest BCUT2D eigenvalue weighted by atomic mass is 10.1. The summed E-state index contributed by atoms with van der Waals surface area (Å²) in [5.74, 6) is -0.640. The maximum absolute atomic E-state index is 13.2. The number of nitrogens with zero attached hydrogens (tertiary/aromatic N) is 5. The van der Waals surface area contributed by atoms with Crippen molar-refractivity contribution in [3.05, 3.63) is 34.4 Å². The number of nitrogens with two attached hydrogens (primary N) is 2. The Hall–Kier alpha value is -3.64. The first-order valence-electron chi connectivity index (χ1n) is 12.6. The maximum Gasteiger partial charge on any atom is 0.277 e. The van der Waals surface area contributed by atoms with Gasteiger partial charge in [0.05, 0.1) is 18.7 Å². The van der Waals surface area contributed by atoms with E-state index in [-0.39, 0.29) is 59.4 Å². The van der Waals surface area contributed by atoms with Crippen LogP contribution in [0.2, 0.25) is 5.15 Å². The van der Waals surface area contributed by atoms with Gasteiger partial charge in [0.1, 0.15) is 18.8 Å². The number of unbranched alkanes of at least 4 members (excludes halogenated alkanes) is 3. The first-order chi connectivity index (χ1) is 18.1. The predicted molar refractivity (Wildman–Crippen MR) is 145 cm³/mol. The van der Waals surface area contributed by atoms with Crippen molar-refractivity contribution < 1.29 is 24.4 Å². The first-order valence-corrected chi connectivity index (χ1v) is 13.0. The minimum absolute atomic E-state index is 0.0336. The number of aliphatic hydroxyl groups is 1. The molecule has 2 heterocycles. The van der Waals surface area contributed by atoms with Crippen LogP contribution in [0.3, 0.4) is 0 Å². The number of aliphatic hydroxyl groups excluding tert-OH is 1. The Kier molecular flexibility index (Phi) is 9.70. The Bertz CT molecular complexity index is 1330. The average molecular weight is 548 g/mol. The number of carbonyl (C=O) groups is 2. The van der Waals surface area contributed by atoms with Gasteiger partial charge in [-0.05, 0) is 13.3 Å². The number of hydrogen-bond acceptors (Lipinski definition) is 8. The molecule has 3 rings (SSSR count). The molecule has 206 valence electrons. The van der Waals surface area contributed by atoms with Crippen LogP contribution in [0.1, 0.15) is 66.2 Å². The van der Waals surface area contributed by atoms with Gasteiger partial charge in [-0.15, -0.1) is 0 Å². The molecule has 13 heteroatoms. The number of aryl methyl sites for hydroxylation is 1. The second-order valence-electron chi connectivity index (χ2n) is 9.00. The number of nitrogens with one attached hydrogen (secondary N) is 1. The summed E-state index contributed by atoms with van der Waals surface area (Å²) in [6.07, 6.45) is 4.14. The van der Waals surface area contributed by atoms with Crippen LogP contribution in [-0.2, 0) is 19.6 Å². The number of aromatic nitrogens is 4. The molecular weight excluding hydrogens is 512 g/mol. The molecule has 12 nitrogen and oxygen atoms in total. The van der Waals surface area contributed by atoms with Crippen molar-refractivity contribution >= 4 is 46.1 Å². The highest BCUT2D eigenvalue weighted by atomic mass is 35.5. The van der Waals surface area contributed by atoms with Crippen LogP contribution in [0, 0.1) is 0 Å². The fourth-order valence-corrected chi connectivity index (χ4v) is 4.55. The third kappa shape index (κ3) is 6.08. The summed E-state index contributed by atoms with van der Waals surface area (Å²) in [5.41, 5.74) is 12.7. The lowest BCUT2D eigenvalue weighted by Crippen LogP contribution is -2.42. The number of halogens is 1. The number of imidazole rings is 1. The van der Waals surface area contributed by atoms with Crippen LogP contribution in [0.25, 0.3) is 11.0 Å². The number of phenolic OH excluding ortho intramolecular Hbond substituents is 1. The lowest BCUT2D eigenvalue weighted by Gasteiger charge is -2.17. The Morgan fingerprint density at radius 2 is 1.89 bits per heavy atom. The first kappa shape index (κ1) is 28.9. The van der Waals surface area contributed by atoms with Gasteiger partial charge in [-0.2, -0.15) is 0 Å². The number of fused-ring (bicyclic) bond motifs is 1. The highest BCUT2D eigenvalue weighted by Crippen LogP contribution is 2.27. The molecule has 0 aliphatic rings. The van der Waals surface area contributed by atoms with E-state index in [9.17, 15) is 19.8 Å². The van der Waals surface area contributed by atoms with Crippen LogP contribution in [0.15, 0.2) is 12.1 Å². The van der Waals surface area contributed by atoms with Gasteiger partial charge >= 0.3 is 0 Å². The summed E-state index contributed by atoms with van der Waals surface area (Å²) < 4.78 is 3.69.